The molecule has 1 N–H and O–H groups in total. The lowest BCUT2D eigenvalue weighted by molar-refractivity contribution is 0.0963. The van der Waals surface area contributed by atoms with Gasteiger partial charge < -0.3 is 10.1 Å². The lowest BCUT2D eigenvalue weighted by Crippen LogP contribution is -2.39. The number of fused-ring (bicyclic) bond motifs is 1. The third-order valence-corrected chi connectivity index (χ3v) is 3.77. The Morgan fingerprint density at radius 2 is 2.15 bits per heavy atom. The number of nitrogens with one attached hydrogen (secondary N) is 1. The van der Waals surface area contributed by atoms with Crippen LogP contribution in [0.2, 0.25) is 0 Å². The normalized spacial score (nSPS) is 19.6. The van der Waals surface area contributed by atoms with E-state index < -0.39 is 0 Å². The van der Waals surface area contributed by atoms with Gasteiger partial charge in [0.2, 0.25) is 0 Å². The number of aromatic nitrogens is 2. The van der Waals surface area contributed by atoms with Crippen LogP contribution in [0.1, 0.15) is 31.9 Å². The van der Waals surface area contributed by atoms with Crippen molar-refractivity contribution < 1.29 is 4.74 Å². The molecule has 1 aliphatic heterocycles. The van der Waals surface area contributed by atoms with E-state index in [0.717, 1.165) is 25.3 Å². The number of hydrogen-bond acceptors (Lipinski definition) is 3. The van der Waals surface area contributed by atoms with Crippen LogP contribution in [0, 0.1) is 0 Å². The summed E-state index contributed by atoms with van der Waals surface area (Å²) < 4.78 is 7.99. The molecule has 0 bridgehead atoms. The minimum absolute atomic E-state index is 0.199. The van der Waals surface area contributed by atoms with E-state index in [1.54, 1.807) is 0 Å². The van der Waals surface area contributed by atoms with Gasteiger partial charge in [0.05, 0.1) is 6.04 Å². The molecule has 1 aromatic heterocycles. The van der Waals surface area contributed by atoms with Gasteiger partial charge in [-0.25, -0.2) is 0 Å². The summed E-state index contributed by atoms with van der Waals surface area (Å²) in [5, 5.41) is 7.84. The molecule has 0 saturated carbocycles. The van der Waals surface area contributed by atoms with Crippen LogP contribution in [0.25, 0.3) is 0 Å². The minimum atomic E-state index is -0.199. The maximum absolute atomic E-state index is 6.03. The highest BCUT2D eigenvalue weighted by Gasteiger charge is 2.40. The SMILES string of the molecule is CC1(C)Oc2ccccc2C1NCCCn1cccn1. The summed E-state index contributed by atoms with van der Waals surface area (Å²) in [5.41, 5.74) is 1.06. The average molecular weight is 271 g/mol. The highest BCUT2D eigenvalue weighted by Crippen LogP contribution is 2.42. The molecular formula is C16H21N3O. The van der Waals surface area contributed by atoms with Crippen molar-refractivity contribution in [1.82, 2.24) is 15.1 Å². The van der Waals surface area contributed by atoms with Crippen molar-refractivity contribution >= 4 is 0 Å². The lowest BCUT2D eigenvalue weighted by atomic mass is 9.94. The molecule has 20 heavy (non-hydrogen) atoms. The Hall–Kier alpha value is -1.81. The quantitative estimate of drug-likeness (QED) is 0.850. The van der Waals surface area contributed by atoms with Crippen molar-refractivity contribution in [3.8, 4) is 5.75 Å². The topological polar surface area (TPSA) is 39.1 Å². The maximum atomic E-state index is 6.03. The van der Waals surface area contributed by atoms with Crippen LogP contribution in [-0.4, -0.2) is 21.9 Å². The van der Waals surface area contributed by atoms with Crippen LogP contribution in [-0.2, 0) is 6.54 Å². The Morgan fingerprint density at radius 1 is 1.30 bits per heavy atom. The van der Waals surface area contributed by atoms with Crippen molar-refractivity contribution in [3.63, 3.8) is 0 Å². The van der Waals surface area contributed by atoms with E-state index in [9.17, 15) is 0 Å². The van der Waals surface area contributed by atoms with E-state index in [1.807, 2.05) is 35.3 Å². The summed E-state index contributed by atoms with van der Waals surface area (Å²) in [6.45, 7) is 6.16. The van der Waals surface area contributed by atoms with Gasteiger partial charge in [0.15, 0.2) is 0 Å². The molecule has 0 amide bonds. The Kier molecular flexibility index (Phi) is 3.49. The average Bonchev–Trinajstić information content (AvgIpc) is 3.00. The molecule has 2 aromatic rings. The van der Waals surface area contributed by atoms with Gasteiger partial charge in [-0.15, -0.1) is 0 Å². The summed E-state index contributed by atoms with van der Waals surface area (Å²) in [6.07, 6.45) is 4.87. The first kappa shape index (κ1) is 13.2. The standard InChI is InChI=1S/C16H21N3O/c1-16(2)15(13-7-3-4-8-14(13)20-16)17-9-5-11-19-12-6-10-18-19/h3-4,6-8,10,12,15,17H,5,9,11H2,1-2H3. The second-order valence-electron chi connectivity index (χ2n) is 5.75. The van der Waals surface area contributed by atoms with E-state index >= 15 is 0 Å². The molecule has 2 heterocycles. The second kappa shape index (κ2) is 5.29. The number of ether oxygens (including phenoxy) is 1. The maximum Gasteiger partial charge on any atom is 0.125 e. The fourth-order valence-corrected chi connectivity index (χ4v) is 2.80. The van der Waals surface area contributed by atoms with Gasteiger partial charge in [-0.1, -0.05) is 18.2 Å². The third kappa shape index (κ3) is 2.56. The predicted octanol–water partition coefficient (Wildman–Crippen LogP) is 2.78. The predicted molar refractivity (Wildman–Crippen MR) is 78.7 cm³/mol. The molecule has 106 valence electrons. The number of benzene rings is 1. The summed E-state index contributed by atoms with van der Waals surface area (Å²) in [4.78, 5) is 0. The van der Waals surface area contributed by atoms with Crippen molar-refractivity contribution in [2.45, 2.75) is 38.5 Å². The zero-order valence-electron chi connectivity index (χ0n) is 12.0. The third-order valence-electron chi connectivity index (χ3n) is 3.77. The lowest BCUT2D eigenvalue weighted by Gasteiger charge is -2.27. The highest BCUT2D eigenvalue weighted by molar-refractivity contribution is 5.42. The zero-order valence-corrected chi connectivity index (χ0v) is 12.0. The van der Waals surface area contributed by atoms with Crippen molar-refractivity contribution in [2.24, 2.45) is 0 Å². The molecule has 3 rings (SSSR count). The van der Waals surface area contributed by atoms with Crippen LogP contribution < -0.4 is 10.1 Å². The fourth-order valence-electron chi connectivity index (χ4n) is 2.80. The number of rotatable bonds is 5. The molecule has 1 unspecified atom stereocenters. The molecule has 4 nitrogen and oxygen atoms in total. The van der Waals surface area contributed by atoms with E-state index in [2.05, 4.69) is 36.4 Å². The summed E-state index contributed by atoms with van der Waals surface area (Å²) in [6, 6.07) is 10.5. The zero-order chi connectivity index (χ0) is 14.0. The van der Waals surface area contributed by atoms with Crippen LogP contribution in [0.3, 0.4) is 0 Å². The van der Waals surface area contributed by atoms with E-state index in [1.165, 1.54) is 5.56 Å². The molecule has 1 aliphatic rings. The van der Waals surface area contributed by atoms with Crippen molar-refractivity contribution in [1.29, 1.82) is 0 Å². The van der Waals surface area contributed by atoms with Gasteiger partial charge in [0.25, 0.3) is 0 Å². The first-order valence-electron chi connectivity index (χ1n) is 7.15. The van der Waals surface area contributed by atoms with E-state index in [0.29, 0.717) is 0 Å². The largest absolute Gasteiger partial charge is 0.486 e. The summed E-state index contributed by atoms with van der Waals surface area (Å²) in [7, 11) is 0. The number of hydrogen-bond donors (Lipinski definition) is 1. The first-order chi connectivity index (χ1) is 9.67. The number of aryl methyl sites for hydroxylation is 1. The molecular weight excluding hydrogens is 250 g/mol. The van der Waals surface area contributed by atoms with Crippen LogP contribution >= 0.6 is 0 Å². The van der Waals surface area contributed by atoms with Gasteiger partial charge in [0.1, 0.15) is 11.4 Å². The van der Waals surface area contributed by atoms with E-state index in [4.69, 9.17) is 4.74 Å². The molecule has 0 spiro atoms. The Labute approximate surface area is 119 Å². The summed E-state index contributed by atoms with van der Waals surface area (Å²) in [5.74, 6) is 1.00. The van der Waals surface area contributed by atoms with Crippen LogP contribution in [0.15, 0.2) is 42.7 Å². The molecule has 4 heteroatoms. The van der Waals surface area contributed by atoms with Crippen LogP contribution in [0.4, 0.5) is 0 Å². The van der Waals surface area contributed by atoms with Crippen molar-refractivity contribution in [2.75, 3.05) is 6.54 Å². The van der Waals surface area contributed by atoms with Gasteiger partial charge in [-0.3, -0.25) is 4.68 Å². The first-order valence-corrected chi connectivity index (χ1v) is 7.15. The number of para-hydroxylation sites is 1. The Bertz CT molecular complexity index is 563. The Morgan fingerprint density at radius 3 is 2.95 bits per heavy atom. The van der Waals surface area contributed by atoms with E-state index in [-0.39, 0.29) is 11.6 Å². The smallest absolute Gasteiger partial charge is 0.125 e. The highest BCUT2D eigenvalue weighted by atomic mass is 16.5. The Balaban J connectivity index is 1.59. The van der Waals surface area contributed by atoms with Gasteiger partial charge in [-0.2, -0.15) is 5.10 Å². The van der Waals surface area contributed by atoms with Gasteiger partial charge >= 0.3 is 0 Å². The molecule has 1 aromatic carbocycles. The molecule has 1 atom stereocenters. The van der Waals surface area contributed by atoms with Crippen LogP contribution in [0.5, 0.6) is 5.75 Å². The fraction of sp³-hybridized carbons (Fsp3) is 0.438. The molecule has 0 aliphatic carbocycles. The molecule has 0 saturated heterocycles. The van der Waals surface area contributed by atoms with Gasteiger partial charge in [-0.05, 0) is 38.9 Å². The molecule has 0 radical (unpaired) electrons. The van der Waals surface area contributed by atoms with Gasteiger partial charge in [0, 0.05) is 24.5 Å². The second-order valence-corrected chi connectivity index (χ2v) is 5.75. The summed E-state index contributed by atoms with van der Waals surface area (Å²) >= 11 is 0. The molecule has 0 fully saturated rings. The minimum Gasteiger partial charge on any atom is -0.486 e. The monoisotopic (exact) mass is 271 g/mol. The number of nitrogens with zero attached hydrogens (tertiary/aromatic N) is 2. The van der Waals surface area contributed by atoms with Crippen molar-refractivity contribution in [3.05, 3.63) is 48.3 Å².